The lowest BCUT2D eigenvalue weighted by Crippen LogP contribution is -1.99. The Balaban J connectivity index is 2.33. The van der Waals surface area contributed by atoms with E-state index in [0.717, 1.165) is 5.69 Å². The number of anilines is 1. The van der Waals surface area contributed by atoms with Crippen LogP contribution in [0, 0.1) is 6.92 Å². The molecule has 2 heterocycles. The Morgan fingerprint density at radius 2 is 2.12 bits per heavy atom. The number of hydrogen-bond acceptors (Lipinski definition) is 7. The van der Waals surface area contributed by atoms with Crippen molar-refractivity contribution in [2.75, 3.05) is 12.8 Å². The van der Waals surface area contributed by atoms with Gasteiger partial charge in [-0.15, -0.1) is 0 Å². The number of aromatic nitrogens is 4. The molecule has 0 fully saturated rings. The number of nitrogens with zero attached hydrogens (tertiary/aromatic N) is 4. The van der Waals surface area contributed by atoms with E-state index in [1.807, 2.05) is 13.0 Å². The lowest BCUT2D eigenvalue weighted by atomic mass is 10.5. The number of hydrogen-bond donors (Lipinski definition) is 1. The van der Waals surface area contributed by atoms with Crippen LogP contribution in [0.4, 0.5) is 5.82 Å². The molecule has 17 heavy (non-hydrogen) atoms. The number of rotatable bonds is 3. The van der Waals surface area contributed by atoms with Crippen LogP contribution in [-0.4, -0.2) is 27.0 Å². The zero-order valence-electron chi connectivity index (χ0n) is 9.41. The van der Waals surface area contributed by atoms with Crippen LogP contribution in [-0.2, 0) is 0 Å². The zero-order chi connectivity index (χ0) is 12.3. The lowest BCUT2D eigenvalue weighted by Gasteiger charge is -2.07. The molecule has 0 saturated carbocycles. The third-order valence-corrected chi connectivity index (χ3v) is 2.83. The number of nitrogens with two attached hydrogens (primary N) is 1. The summed E-state index contributed by atoms with van der Waals surface area (Å²) in [5.74, 6) is 0.750. The normalized spacial score (nSPS) is 10.2. The molecule has 0 atom stereocenters. The van der Waals surface area contributed by atoms with E-state index >= 15 is 0 Å². The largest absolute Gasteiger partial charge is 0.490 e. The van der Waals surface area contributed by atoms with Crippen LogP contribution in [0.2, 0.25) is 0 Å². The van der Waals surface area contributed by atoms with Crippen LogP contribution in [0.15, 0.2) is 28.8 Å². The van der Waals surface area contributed by atoms with Crippen molar-refractivity contribution in [1.29, 1.82) is 0 Å². The second kappa shape index (κ2) is 4.96. The molecule has 2 aromatic heterocycles. The number of ether oxygens (including phenoxy) is 1. The smallest absolute Gasteiger partial charge is 0.194 e. The highest BCUT2D eigenvalue weighted by atomic mass is 32.2. The number of aryl methyl sites for hydroxylation is 1. The van der Waals surface area contributed by atoms with Gasteiger partial charge in [-0.1, -0.05) is 0 Å². The van der Waals surface area contributed by atoms with Crippen molar-refractivity contribution in [3.8, 4) is 5.75 Å². The van der Waals surface area contributed by atoms with Gasteiger partial charge in [-0.25, -0.2) is 19.9 Å². The minimum atomic E-state index is 0.303. The highest BCUT2D eigenvalue weighted by Gasteiger charge is 2.12. The van der Waals surface area contributed by atoms with Crippen molar-refractivity contribution < 1.29 is 4.74 Å². The van der Waals surface area contributed by atoms with Gasteiger partial charge in [-0.2, -0.15) is 0 Å². The molecular weight excluding hydrogens is 238 g/mol. The zero-order valence-corrected chi connectivity index (χ0v) is 10.2. The molecule has 88 valence electrons. The van der Waals surface area contributed by atoms with Gasteiger partial charge in [0.1, 0.15) is 6.33 Å². The van der Waals surface area contributed by atoms with E-state index in [-0.39, 0.29) is 0 Å². The average molecular weight is 249 g/mol. The lowest BCUT2D eigenvalue weighted by molar-refractivity contribution is 0.401. The first-order valence-electron chi connectivity index (χ1n) is 4.82. The van der Waals surface area contributed by atoms with Crippen molar-refractivity contribution in [3.63, 3.8) is 0 Å². The fraction of sp³-hybridized carbons (Fsp3) is 0.200. The number of methoxy groups -OCH3 is 1. The van der Waals surface area contributed by atoms with Crippen LogP contribution in [0.3, 0.4) is 0 Å². The standard InChI is InChI=1S/C10H11N5OS/c1-6-3-4-12-10(15-6)17-9-7(16-2)8(11)13-5-14-9/h3-5H,1-2H3,(H2,11,13,14). The molecule has 2 aromatic rings. The van der Waals surface area contributed by atoms with Crippen molar-refractivity contribution in [2.24, 2.45) is 0 Å². The van der Waals surface area contributed by atoms with Crippen LogP contribution in [0.1, 0.15) is 5.69 Å². The Hall–Kier alpha value is -1.89. The van der Waals surface area contributed by atoms with E-state index in [1.54, 1.807) is 6.20 Å². The summed E-state index contributed by atoms with van der Waals surface area (Å²) in [6.45, 7) is 1.90. The quantitative estimate of drug-likeness (QED) is 0.648. The first-order chi connectivity index (χ1) is 8.20. The highest BCUT2D eigenvalue weighted by Crippen LogP contribution is 2.33. The van der Waals surface area contributed by atoms with E-state index in [4.69, 9.17) is 10.5 Å². The second-order valence-electron chi connectivity index (χ2n) is 3.18. The van der Waals surface area contributed by atoms with Crippen LogP contribution < -0.4 is 10.5 Å². The first-order valence-corrected chi connectivity index (χ1v) is 5.64. The van der Waals surface area contributed by atoms with Gasteiger partial charge in [0.15, 0.2) is 21.7 Å². The third kappa shape index (κ3) is 2.62. The van der Waals surface area contributed by atoms with Gasteiger partial charge < -0.3 is 10.5 Å². The van der Waals surface area contributed by atoms with Gasteiger partial charge in [0, 0.05) is 11.9 Å². The topological polar surface area (TPSA) is 86.8 Å². The molecule has 0 aliphatic rings. The molecular formula is C10H11N5OS. The van der Waals surface area contributed by atoms with Gasteiger partial charge in [0.2, 0.25) is 0 Å². The highest BCUT2D eigenvalue weighted by molar-refractivity contribution is 7.99. The predicted molar refractivity (Wildman–Crippen MR) is 63.9 cm³/mol. The molecule has 0 aliphatic carbocycles. The Labute approximate surface area is 103 Å². The molecule has 0 aliphatic heterocycles. The van der Waals surface area contributed by atoms with E-state index < -0.39 is 0 Å². The average Bonchev–Trinajstić information content (AvgIpc) is 2.29. The van der Waals surface area contributed by atoms with E-state index in [9.17, 15) is 0 Å². The van der Waals surface area contributed by atoms with E-state index in [2.05, 4.69) is 19.9 Å². The van der Waals surface area contributed by atoms with E-state index in [1.165, 1.54) is 25.2 Å². The first kappa shape index (κ1) is 11.6. The third-order valence-electron chi connectivity index (χ3n) is 1.96. The van der Waals surface area contributed by atoms with Crippen LogP contribution in [0.5, 0.6) is 5.75 Å². The molecule has 6 nitrogen and oxygen atoms in total. The van der Waals surface area contributed by atoms with Crippen molar-refractivity contribution in [2.45, 2.75) is 17.1 Å². The van der Waals surface area contributed by atoms with Crippen molar-refractivity contribution >= 4 is 17.6 Å². The monoisotopic (exact) mass is 249 g/mol. The maximum absolute atomic E-state index is 5.69. The minimum Gasteiger partial charge on any atom is -0.490 e. The fourth-order valence-corrected chi connectivity index (χ4v) is 2.05. The van der Waals surface area contributed by atoms with Crippen molar-refractivity contribution in [3.05, 3.63) is 24.3 Å². The molecule has 0 spiro atoms. The van der Waals surface area contributed by atoms with Gasteiger partial charge in [0.25, 0.3) is 0 Å². The van der Waals surface area contributed by atoms with Crippen LogP contribution >= 0.6 is 11.8 Å². The summed E-state index contributed by atoms with van der Waals surface area (Å²) in [6, 6.07) is 1.83. The van der Waals surface area contributed by atoms with Gasteiger partial charge >= 0.3 is 0 Å². The molecule has 0 radical (unpaired) electrons. The van der Waals surface area contributed by atoms with E-state index in [0.29, 0.717) is 21.7 Å². The molecule has 0 aromatic carbocycles. The predicted octanol–water partition coefficient (Wildman–Crippen LogP) is 1.32. The van der Waals surface area contributed by atoms with Crippen molar-refractivity contribution in [1.82, 2.24) is 19.9 Å². The molecule has 2 N–H and O–H groups in total. The Bertz CT molecular complexity index is 534. The summed E-state index contributed by atoms with van der Waals surface area (Å²) in [5, 5.41) is 1.20. The fourth-order valence-electron chi connectivity index (χ4n) is 1.20. The molecule has 2 rings (SSSR count). The van der Waals surface area contributed by atoms with Crippen LogP contribution in [0.25, 0.3) is 0 Å². The van der Waals surface area contributed by atoms with Gasteiger partial charge in [-0.3, -0.25) is 0 Å². The minimum absolute atomic E-state index is 0.303. The SMILES string of the molecule is COc1c(N)ncnc1Sc1nccc(C)n1. The molecule has 7 heteroatoms. The Morgan fingerprint density at radius 1 is 1.29 bits per heavy atom. The Morgan fingerprint density at radius 3 is 2.82 bits per heavy atom. The summed E-state index contributed by atoms with van der Waals surface area (Å²) >= 11 is 1.29. The summed E-state index contributed by atoms with van der Waals surface area (Å²) in [4.78, 5) is 16.4. The molecule has 0 amide bonds. The summed E-state index contributed by atoms with van der Waals surface area (Å²) in [7, 11) is 1.52. The van der Waals surface area contributed by atoms with Gasteiger partial charge in [-0.05, 0) is 24.8 Å². The Kier molecular flexibility index (Phi) is 3.38. The summed E-state index contributed by atoms with van der Waals surface area (Å²) < 4.78 is 5.15. The summed E-state index contributed by atoms with van der Waals surface area (Å²) in [5.41, 5.74) is 6.58. The van der Waals surface area contributed by atoms with Gasteiger partial charge in [0.05, 0.1) is 7.11 Å². The molecule has 0 unspecified atom stereocenters. The molecule has 0 bridgehead atoms. The maximum Gasteiger partial charge on any atom is 0.194 e. The second-order valence-corrected chi connectivity index (χ2v) is 4.14. The summed E-state index contributed by atoms with van der Waals surface area (Å²) in [6.07, 6.45) is 3.08. The maximum atomic E-state index is 5.69. The molecule has 0 saturated heterocycles. The number of nitrogen functional groups attached to an aromatic ring is 1.